The zero-order valence-electron chi connectivity index (χ0n) is 17.8. The van der Waals surface area contributed by atoms with Crippen molar-refractivity contribution >= 4 is 21.7 Å². The van der Waals surface area contributed by atoms with Gasteiger partial charge in [-0.05, 0) is 57.4 Å². The molecule has 0 spiro atoms. The first-order chi connectivity index (χ1) is 14.3. The Morgan fingerprint density at radius 2 is 2.10 bits per heavy atom. The number of guanidine groups is 1. The highest BCUT2D eigenvalue weighted by molar-refractivity contribution is 7.89. The van der Waals surface area contributed by atoms with Crippen LogP contribution < -0.4 is 20.5 Å². The van der Waals surface area contributed by atoms with Crippen LogP contribution >= 0.6 is 0 Å². The van der Waals surface area contributed by atoms with Crippen molar-refractivity contribution in [3.8, 4) is 5.75 Å². The van der Waals surface area contributed by atoms with Crippen molar-refractivity contribution in [2.45, 2.75) is 45.3 Å². The Hall–Kier alpha value is -1.88. The van der Waals surface area contributed by atoms with Gasteiger partial charge in [0.25, 0.3) is 0 Å². The maximum Gasteiger partial charge on any atom is 0.210 e. The largest absolute Gasteiger partial charge is 0.491 e. The van der Waals surface area contributed by atoms with Crippen LogP contribution in [-0.4, -0.2) is 65.2 Å². The van der Waals surface area contributed by atoms with Crippen molar-refractivity contribution in [3.05, 3.63) is 24.3 Å². The van der Waals surface area contributed by atoms with Gasteiger partial charge in [-0.2, -0.15) is 0 Å². The summed E-state index contributed by atoms with van der Waals surface area (Å²) in [5.41, 5.74) is 0.808. The minimum absolute atomic E-state index is 0.100. The smallest absolute Gasteiger partial charge is 0.210 e. The van der Waals surface area contributed by atoms with E-state index in [2.05, 4.69) is 15.6 Å². The van der Waals surface area contributed by atoms with Gasteiger partial charge in [0.05, 0.1) is 24.6 Å². The molecule has 2 rings (SSSR count). The van der Waals surface area contributed by atoms with E-state index in [1.54, 1.807) is 0 Å². The number of ether oxygens (including phenoxy) is 3. The second kappa shape index (κ2) is 12.7. The average molecular weight is 443 g/mol. The van der Waals surface area contributed by atoms with E-state index < -0.39 is 10.0 Å². The zero-order chi connectivity index (χ0) is 21.8. The fraction of sp³-hybridized carbons (Fsp3) is 0.650. The molecule has 0 amide bonds. The third-order valence-corrected chi connectivity index (χ3v) is 4.99. The first kappa shape index (κ1) is 24.4. The summed E-state index contributed by atoms with van der Waals surface area (Å²) in [7, 11) is -3.54. The normalized spacial score (nSPS) is 17.3. The second-order valence-electron chi connectivity index (χ2n) is 7.40. The number of benzene rings is 1. The number of aliphatic imine (C=N–C) groups is 1. The SMILES string of the molecule is CC(C)Oc1ccc(NC(=NCCCOCC2CCCO2)NCCS(N)(=O)=O)cc1. The summed E-state index contributed by atoms with van der Waals surface area (Å²) in [4.78, 5) is 4.50. The number of rotatable bonds is 12. The molecule has 1 fully saturated rings. The summed E-state index contributed by atoms with van der Waals surface area (Å²) in [5, 5.41) is 11.2. The lowest BCUT2D eigenvalue weighted by Gasteiger charge is -2.14. The number of hydrogen-bond acceptors (Lipinski definition) is 6. The van der Waals surface area contributed by atoms with Gasteiger partial charge in [0.2, 0.25) is 10.0 Å². The van der Waals surface area contributed by atoms with E-state index in [9.17, 15) is 8.42 Å². The molecule has 1 aliphatic rings. The lowest BCUT2D eigenvalue weighted by atomic mass is 10.2. The van der Waals surface area contributed by atoms with Crippen molar-refractivity contribution in [1.82, 2.24) is 5.32 Å². The van der Waals surface area contributed by atoms with E-state index in [1.165, 1.54) is 0 Å². The molecule has 9 nitrogen and oxygen atoms in total. The standard InChI is InChI=1S/C20H34N4O5S/c1-16(2)29-18-8-6-17(7-9-18)24-20(23-11-14-30(21,25)26)22-10-4-12-27-15-19-5-3-13-28-19/h6-9,16,19H,3-5,10-15H2,1-2H3,(H2,21,25,26)(H2,22,23,24). The Morgan fingerprint density at radius 3 is 2.73 bits per heavy atom. The van der Waals surface area contributed by atoms with Gasteiger partial charge in [-0.25, -0.2) is 13.6 Å². The van der Waals surface area contributed by atoms with Gasteiger partial charge in [0.15, 0.2) is 5.96 Å². The van der Waals surface area contributed by atoms with Gasteiger partial charge >= 0.3 is 0 Å². The monoisotopic (exact) mass is 442 g/mol. The molecule has 1 aromatic rings. The number of hydrogen-bond donors (Lipinski definition) is 3. The van der Waals surface area contributed by atoms with Crippen LogP contribution in [0, 0.1) is 0 Å². The summed E-state index contributed by atoms with van der Waals surface area (Å²) in [6.45, 7) is 6.66. The minimum atomic E-state index is -3.54. The topological polar surface area (TPSA) is 124 Å². The molecule has 170 valence electrons. The lowest BCUT2D eigenvalue weighted by Crippen LogP contribution is -2.36. The first-order valence-corrected chi connectivity index (χ1v) is 12.1. The number of nitrogens with two attached hydrogens (primary N) is 1. The van der Waals surface area contributed by atoms with Crippen LogP contribution in [0.2, 0.25) is 0 Å². The Morgan fingerprint density at radius 1 is 1.33 bits per heavy atom. The van der Waals surface area contributed by atoms with E-state index in [-0.39, 0.29) is 24.5 Å². The third-order valence-electron chi connectivity index (χ3n) is 4.21. The molecule has 0 aliphatic carbocycles. The first-order valence-electron chi connectivity index (χ1n) is 10.3. The molecule has 30 heavy (non-hydrogen) atoms. The van der Waals surface area contributed by atoms with E-state index in [0.717, 1.165) is 37.3 Å². The van der Waals surface area contributed by atoms with Gasteiger partial charge in [-0.3, -0.25) is 4.99 Å². The fourth-order valence-electron chi connectivity index (χ4n) is 2.83. The quantitative estimate of drug-likeness (QED) is 0.256. The average Bonchev–Trinajstić information content (AvgIpc) is 3.18. The van der Waals surface area contributed by atoms with Gasteiger partial charge in [-0.1, -0.05) is 0 Å². The Bertz CT molecular complexity index is 747. The van der Waals surface area contributed by atoms with Crippen LogP contribution in [0.25, 0.3) is 0 Å². The summed E-state index contributed by atoms with van der Waals surface area (Å²) in [6, 6.07) is 7.48. The van der Waals surface area contributed by atoms with Crippen molar-refractivity contribution in [3.63, 3.8) is 0 Å². The minimum Gasteiger partial charge on any atom is -0.491 e. The molecule has 1 heterocycles. The van der Waals surface area contributed by atoms with Crippen molar-refractivity contribution in [1.29, 1.82) is 0 Å². The molecular formula is C20H34N4O5S. The molecule has 1 aliphatic heterocycles. The molecule has 0 aromatic heterocycles. The van der Waals surface area contributed by atoms with Crippen LogP contribution in [0.3, 0.4) is 0 Å². The maximum absolute atomic E-state index is 11.2. The highest BCUT2D eigenvalue weighted by Crippen LogP contribution is 2.17. The Kier molecular flexibility index (Phi) is 10.4. The summed E-state index contributed by atoms with van der Waals surface area (Å²) >= 11 is 0. The highest BCUT2D eigenvalue weighted by atomic mass is 32.2. The van der Waals surface area contributed by atoms with E-state index in [0.29, 0.717) is 25.7 Å². The molecule has 1 unspecified atom stereocenters. The van der Waals surface area contributed by atoms with Crippen LogP contribution in [0.1, 0.15) is 33.1 Å². The maximum atomic E-state index is 11.2. The van der Waals surface area contributed by atoms with Crippen LogP contribution in [0.15, 0.2) is 29.3 Å². The summed E-state index contributed by atoms with van der Waals surface area (Å²) in [5.74, 6) is 1.08. The van der Waals surface area contributed by atoms with Crippen LogP contribution in [0.5, 0.6) is 5.75 Å². The Balaban J connectivity index is 1.82. The number of sulfonamides is 1. The van der Waals surface area contributed by atoms with E-state index >= 15 is 0 Å². The predicted octanol–water partition coefficient (Wildman–Crippen LogP) is 1.71. The molecule has 1 aromatic carbocycles. The molecular weight excluding hydrogens is 408 g/mol. The van der Waals surface area contributed by atoms with Gasteiger partial charge in [-0.15, -0.1) is 0 Å². The number of nitrogens with zero attached hydrogens (tertiary/aromatic N) is 1. The molecule has 10 heteroatoms. The van der Waals surface area contributed by atoms with Gasteiger partial charge < -0.3 is 24.8 Å². The van der Waals surface area contributed by atoms with Gasteiger partial charge in [0.1, 0.15) is 5.75 Å². The zero-order valence-corrected chi connectivity index (χ0v) is 18.6. The van der Waals surface area contributed by atoms with Crippen molar-refractivity contribution < 1.29 is 22.6 Å². The molecule has 0 radical (unpaired) electrons. The fourth-order valence-corrected chi connectivity index (χ4v) is 3.21. The second-order valence-corrected chi connectivity index (χ2v) is 9.14. The molecule has 0 saturated carbocycles. The van der Waals surface area contributed by atoms with E-state index in [1.807, 2.05) is 38.1 Å². The van der Waals surface area contributed by atoms with Crippen LogP contribution in [-0.2, 0) is 19.5 Å². The summed E-state index contributed by atoms with van der Waals surface area (Å²) in [6.07, 6.45) is 3.22. The number of nitrogens with one attached hydrogen (secondary N) is 2. The van der Waals surface area contributed by atoms with Crippen molar-refractivity contribution in [2.75, 3.05) is 44.0 Å². The van der Waals surface area contributed by atoms with Crippen molar-refractivity contribution in [2.24, 2.45) is 10.1 Å². The van der Waals surface area contributed by atoms with Crippen LogP contribution in [0.4, 0.5) is 5.69 Å². The highest BCUT2D eigenvalue weighted by Gasteiger charge is 2.14. The number of primary sulfonamides is 1. The Labute approximate surface area is 179 Å². The predicted molar refractivity (Wildman–Crippen MR) is 119 cm³/mol. The molecule has 4 N–H and O–H groups in total. The lowest BCUT2D eigenvalue weighted by molar-refractivity contribution is 0.0171. The summed E-state index contributed by atoms with van der Waals surface area (Å²) < 4.78 is 39.2. The third kappa shape index (κ3) is 10.8. The molecule has 1 atom stereocenters. The number of anilines is 1. The molecule has 1 saturated heterocycles. The van der Waals surface area contributed by atoms with E-state index in [4.69, 9.17) is 19.3 Å². The molecule has 0 bridgehead atoms. The van der Waals surface area contributed by atoms with Gasteiger partial charge in [0, 0.05) is 32.0 Å².